The number of hydrogen-bond acceptors (Lipinski definition) is 2. The lowest BCUT2D eigenvalue weighted by Crippen LogP contribution is -2.26. The van der Waals surface area contributed by atoms with Crippen molar-refractivity contribution in [2.75, 3.05) is 6.61 Å². The van der Waals surface area contributed by atoms with Gasteiger partial charge in [0.15, 0.2) is 0 Å². The molecule has 0 spiro atoms. The Labute approximate surface area is 62.2 Å². The zero-order valence-corrected chi connectivity index (χ0v) is 6.62. The normalized spacial score (nSPS) is 19.6. The van der Waals surface area contributed by atoms with Crippen molar-refractivity contribution in [1.29, 1.82) is 0 Å². The van der Waals surface area contributed by atoms with Gasteiger partial charge in [0.1, 0.15) is 0 Å². The minimum Gasteiger partial charge on any atom is -0.396 e. The third-order valence-electron chi connectivity index (χ3n) is 1.78. The lowest BCUT2D eigenvalue weighted by molar-refractivity contribution is 0.0514. The van der Waals surface area contributed by atoms with Crippen molar-refractivity contribution in [1.82, 2.24) is 0 Å². The Morgan fingerprint density at radius 3 is 2.30 bits per heavy atom. The molecule has 2 nitrogen and oxygen atoms in total. The van der Waals surface area contributed by atoms with Crippen LogP contribution in [-0.2, 0) is 0 Å². The summed E-state index contributed by atoms with van der Waals surface area (Å²) in [7, 11) is 0. The predicted octanol–water partition coefficient (Wildman–Crippen LogP) is 0.798. The molecule has 0 amide bonds. The average Bonchev–Trinajstić information content (AvgIpc) is 2.00. The van der Waals surface area contributed by atoms with Crippen molar-refractivity contribution in [3.8, 4) is 0 Å². The van der Waals surface area contributed by atoms with E-state index in [-0.39, 0.29) is 18.4 Å². The fraction of sp³-hybridized carbons (Fsp3) is 0.750. The summed E-state index contributed by atoms with van der Waals surface area (Å²) >= 11 is 0. The van der Waals surface area contributed by atoms with Gasteiger partial charge in [0, 0.05) is 18.4 Å². The van der Waals surface area contributed by atoms with Gasteiger partial charge in [0.05, 0.1) is 6.10 Å². The van der Waals surface area contributed by atoms with E-state index in [2.05, 4.69) is 6.58 Å². The monoisotopic (exact) mass is 144 g/mol. The van der Waals surface area contributed by atoms with E-state index in [0.29, 0.717) is 0 Å². The van der Waals surface area contributed by atoms with E-state index in [1.165, 1.54) is 0 Å². The molecule has 0 aliphatic carbocycles. The van der Waals surface area contributed by atoms with Crippen LogP contribution in [0.2, 0.25) is 0 Å². The Kier molecular flexibility index (Phi) is 4.32. The van der Waals surface area contributed by atoms with Gasteiger partial charge in [-0.05, 0) is 0 Å². The summed E-state index contributed by atoms with van der Waals surface area (Å²) < 4.78 is 0. The average molecular weight is 144 g/mol. The van der Waals surface area contributed by atoms with Crippen LogP contribution in [0.1, 0.15) is 13.8 Å². The van der Waals surface area contributed by atoms with E-state index < -0.39 is 6.10 Å². The number of aliphatic hydroxyl groups excluding tert-OH is 2. The summed E-state index contributed by atoms with van der Waals surface area (Å²) in [5, 5.41) is 18.0. The van der Waals surface area contributed by atoms with Gasteiger partial charge in [0.25, 0.3) is 0 Å². The standard InChI is InChI=1S/C8H16O2/c1-4-6(2)8(10)7(3)5-9/h4,6-10H,1,5H2,2-3H3/t6?,7-,8-/m1/s1. The van der Waals surface area contributed by atoms with Crippen LogP contribution in [0, 0.1) is 11.8 Å². The molecular weight excluding hydrogens is 128 g/mol. The Hall–Kier alpha value is -0.340. The molecule has 3 atom stereocenters. The van der Waals surface area contributed by atoms with Gasteiger partial charge < -0.3 is 10.2 Å². The zero-order valence-electron chi connectivity index (χ0n) is 6.62. The Balaban J connectivity index is 3.80. The maximum absolute atomic E-state index is 9.35. The van der Waals surface area contributed by atoms with E-state index in [1.807, 2.05) is 13.8 Å². The van der Waals surface area contributed by atoms with Crippen LogP contribution in [0.25, 0.3) is 0 Å². The second-order valence-electron chi connectivity index (χ2n) is 2.75. The van der Waals surface area contributed by atoms with Crippen LogP contribution < -0.4 is 0 Å². The maximum atomic E-state index is 9.35. The molecule has 2 heteroatoms. The molecule has 0 rings (SSSR count). The van der Waals surface area contributed by atoms with Crippen LogP contribution in [-0.4, -0.2) is 22.9 Å². The minimum absolute atomic E-state index is 0.0271. The third-order valence-corrected chi connectivity index (χ3v) is 1.78. The van der Waals surface area contributed by atoms with Gasteiger partial charge in [-0.1, -0.05) is 19.9 Å². The number of rotatable bonds is 4. The van der Waals surface area contributed by atoms with Crippen LogP contribution >= 0.6 is 0 Å². The SMILES string of the molecule is C=CC(C)[C@@H](O)[C@H](C)CO. The van der Waals surface area contributed by atoms with Crippen LogP contribution in [0.5, 0.6) is 0 Å². The summed E-state index contributed by atoms with van der Waals surface area (Å²) in [6.45, 7) is 7.27. The fourth-order valence-electron chi connectivity index (χ4n) is 0.766. The molecule has 0 fully saturated rings. The maximum Gasteiger partial charge on any atom is 0.0647 e. The first-order chi connectivity index (χ1) is 4.63. The second kappa shape index (κ2) is 4.47. The van der Waals surface area contributed by atoms with Crippen molar-refractivity contribution >= 4 is 0 Å². The van der Waals surface area contributed by atoms with E-state index in [1.54, 1.807) is 6.08 Å². The van der Waals surface area contributed by atoms with E-state index in [4.69, 9.17) is 5.11 Å². The minimum atomic E-state index is -0.470. The summed E-state index contributed by atoms with van der Waals surface area (Å²) in [6.07, 6.45) is 1.22. The van der Waals surface area contributed by atoms with Crippen molar-refractivity contribution < 1.29 is 10.2 Å². The Morgan fingerprint density at radius 2 is 2.00 bits per heavy atom. The highest BCUT2D eigenvalue weighted by Crippen LogP contribution is 2.12. The van der Waals surface area contributed by atoms with E-state index in [9.17, 15) is 5.11 Å². The van der Waals surface area contributed by atoms with Gasteiger partial charge in [0.2, 0.25) is 0 Å². The molecule has 0 saturated heterocycles. The van der Waals surface area contributed by atoms with Crippen molar-refractivity contribution in [2.45, 2.75) is 20.0 Å². The smallest absolute Gasteiger partial charge is 0.0647 e. The van der Waals surface area contributed by atoms with Crippen LogP contribution in [0.4, 0.5) is 0 Å². The highest BCUT2D eigenvalue weighted by molar-refractivity contribution is 4.83. The fourth-order valence-corrected chi connectivity index (χ4v) is 0.766. The molecule has 0 aromatic rings. The van der Waals surface area contributed by atoms with Gasteiger partial charge in [-0.3, -0.25) is 0 Å². The molecule has 1 unspecified atom stereocenters. The zero-order chi connectivity index (χ0) is 8.15. The number of hydrogen-bond donors (Lipinski definition) is 2. The molecule has 2 N–H and O–H groups in total. The first-order valence-corrected chi connectivity index (χ1v) is 3.55. The molecule has 0 radical (unpaired) electrons. The van der Waals surface area contributed by atoms with Gasteiger partial charge >= 0.3 is 0 Å². The quantitative estimate of drug-likeness (QED) is 0.573. The molecule has 0 aromatic heterocycles. The summed E-state index contributed by atoms with van der Waals surface area (Å²) in [5.41, 5.74) is 0. The van der Waals surface area contributed by atoms with Gasteiger partial charge in [-0.15, -0.1) is 6.58 Å². The molecular formula is C8H16O2. The van der Waals surface area contributed by atoms with Crippen molar-refractivity contribution in [3.63, 3.8) is 0 Å². The first kappa shape index (κ1) is 9.66. The number of aliphatic hydroxyl groups is 2. The third kappa shape index (κ3) is 2.50. The molecule has 60 valence electrons. The highest BCUT2D eigenvalue weighted by atomic mass is 16.3. The highest BCUT2D eigenvalue weighted by Gasteiger charge is 2.17. The summed E-state index contributed by atoms with van der Waals surface area (Å²) in [5.74, 6) is -0.00449. The predicted molar refractivity (Wildman–Crippen MR) is 41.6 cm³/mol. The van der Waals surface area contributed by atoms with Gasteiger partial charge in [-0.2, -0.15) is 0 Å². The largest absolute Gasteiger partial charge is 0.396 e. The summed E-state index contributed by atoms with van der Waals surface area (Å²) in [4.78, 5) is 0. The summed E-state index contributed by atoms with van der Waals surface area (Å²) in [6, 6.07) is 0. The van der Waals surface area contributed by atoms with Gasteiger partial charge in [-0.25, -0.2) is 0 Å². The molecule has 0 aliphatic heterocycles. The molecule has 0 saturated carbocycles. The molecule has 0 heterocycles. The topological polar surface area (TPSA) is 40.5 Å². The Morgan fingerprint density at radius 1 is 1.50 bits per heavy atom. The van der Waals surface area contributed by atoms with Crippen LogP contribution in [0.15, 0.2) is 12.7 Å². The van der Waals surface area contributed by atoms with E-state index in [0.717, 1.165) is 0 Å². The lowest BCUT2D eigenvalue weighted by Gasteiger charge is -2.20. The van der Waals surface area contributed by atoms with Crippen LogP contribution in [0.3, 0.4) is 0 Å². The molecule has 0 aromatic carbocycles. The molecule has 10 heavy (non-hydrogen) atoms. The first-order valence-electron chi connectivity index (χ1n) is 3.55. The van der Waals surface area contributed by atoms with Crippen molar-refractivity contribution in [3.05, 3.63) is 12.7 Å². The van der Waals surface area contributed by atoms with E-state index >= 15 is 0 Å². The lowest BCUT2D eigenvalue weighted by atomic mass is 9.94. The molecule has 0 aliphatic rings. The van der Waals surface area contributed by atoms with Crippen molar-refractivity contribution in [2.24, 2.45) is 11.8 Å². The second-order valence-corrected chi connectivity index (χ2v) is 2.75. The Bertz CT molecular complexity index is 101. The molecule has 0 bridgehead atoms.